The predicted molar refractivity (Wildman–Crippen MR) is 79.3 cm³/mol. The van der Waals surface area contributed by atoms with E-state index in [-0.39, 0.29) is 0 Å². The van der Waals surface area contributed by atoms with Crippen molar-refractivity contribution < 1.29 is 0 Å². The fraction of sp³-hybridized carbons (Fsp3) is 0.867. The maximum atomic E-state index is 4.46. The van der Waals surface area contributed by atoms with Gasteiger partial charge in [-0.25, -0.2) is 9.67 Å². The van der Waals surface area contributed by atoms with E-state index in [1.807, 2.05) is 4.68 Å². The molecule has 1 saturated carbocycles. The second-order valence-electron chi connectivity index (χ2n) is 6.22. The van der Waals surface area contributed by atoms with Crippen molar-refractivity contribution in [1.82, 2.24) is 25.0 Å². The van der Waals surface area contributed by atoms with Crippen molar-refractivity contribution in [2.45, 2.75) is 64.7 Å². The van der Waals surface area contributed by atoms with Gasteiger partial charge < -0.3 is 5.32 Å². The molecule has 1 N–H and O–H groups in total. The fourth-order valence-corrected chi connectivity index (χ4v) is 3.43. The number of hydrogen-bond donors (Lipinski definition) is 1. The van der Waals surface area contributed by atoms with Crippen LogP contribution in [-0.2, 0) is 13.1 Å². The second kappa shape index (κ2) is 6.22. The SMILES string of the molecule is CCCC1CN(Cc2ncnn2CC)C(C2CC2)CN1. The third-order valence-corrected chi connectivity index (χ3v) is 4.68. The quantitative estimate of drug-likeness (QED) is 0.859. The Balaban J connectivity index is 1.68. The average Bonchev–Trinajstić information content (AvgIpc) is 3.19. The highest BCUT2D eigenvalue weighted by molar-refractivity contribution is 4.97. The Kier molecular flexibility index (Phi) is 4.36. The molecule has 0 amide bonds. The Morgan fingerprint density at radius 3 is 2.90 bits per heavy atom. The first kappa shape index (κ1) is 14.0. The molecule has 2 atom stereocenters. The molecule has 0 aromatic carbocycles. The molecule has 1 aromatic rings. The van der Waals surface area contributed by atoms with Crippen LogP contribution in [0.5, 0.6) is 0 Å². The van der Waals surface area contributed by atoms with Gasteiger partial charge in [-0.15, -0.1) is 0 Å². The lowest BCUT2D eigenvalue weighted by atomic mass is 10.0. The summed E-state index contributed by atoms with van der Waals surface area (Å²) in [7, 11) is 0. The van der Waals surface area contributed by atoms with Crippen LogP contribution in [0.25, 0.3) is 0 Å². The van der Waals surface area contributed by atoms with Crippen molar-refractivity contribution in [3.05, 3.63) is 12.2 Å². The molecule has 1 aliphatic carbocycles. The van der Waals surface area contributed by atoms with Crippen molar-refractivity contribution in [2.75, 3.05) is 13.1 Å². The molecule has 3 rings (SSSR count). The summed E-state index contributed by atoms with van der Waals surface area (Å²) in [5.74, 6) is 2.03. The second-order valence-corrected chi connectivity index (χ2v) is 6.22. The number of hydrogen-bond acceptors (Lipinski definition) is 4. The molecule has 2 aliphatic rings. The van der Waals surface area contributed by atoms with Crippen LogP contribution in [-0.4, -0.2) is 44.8 Å². The first-order chi connectivity index (χ1) is 9.81. The molecule has 1 aliphatic heterocycles. The van der Waals surface area contributed by atoms with Crippen molar-refractivity contribution in [2.24, 2.45) is 5.92 Å². The van der Waals surface area contributed by atoms with Crippen LogP contribution in [0.3, 0.4) is 0 Å². The molecule has 0 radical (unpaired) electrons. The first-order valence-electron chi connectivity index (χ1n) is 8.16. The fourth-order valence-electron chi connectivity index (χ4n) is 3.43. The van der Waals surface area contributed by atoms with Crippen LogP contribution in [0.4, 0.5) is 0 Å². The number of aryl methyl sites for hydroxylation is 1. The van der Waals surface area contributed by atoms with Crippen LogP contribution in [0.2, 0.25) is 0 Å². The molecular formula is C15H27N5. The average molecular weight is 277 g/mol. The van der Waals surface area contributed by atoms with E-state index in [1.165, 1.54) is 25.7 Å². The third kappa shape index (κ3) is 3.04. The molecule has 2 unspecified atom stereocenters. The van der Waals surface area contributed by atoms with Gasteiger partial charge in [-0.2, -0.15) is 5.10 Å². The summed E-state index contributed by atoms with van der Waals surface area (Å²) in [6.45, 7) is 8.58. The summed E-state index contributed by atoms with van der Waals surface area (Å²) < 4.78 is 2.03. The maximum absolute atomic E-state index is 4.46. The normalized spacial score (nSPS) is 27.9. The molecule has 2 heterocycles. The first-order valence-corrected chi connectivity index (χ1v) is 8.16. The lowest BCUT2D eigenvalue weighted by Gasteiger charge is -2.40. The minimum atomic E-state index is 0.646. The third-order valence-electron chi connectivity index (χ3n) is 4.68. The van der Waals surface area contributed by atoms with Gasteiger partial charge in [0, 0.05) is 31.7 Å². The molecule has 20 heavy (non-hydrogen) atoms. The van der Waals surface area contributed by atoms with Crippen LogP contribution >= 0.6 is 0 Å². The van der Waals surface area contributed by atoms with Crippen molar-refractivity contribution in [3.63, 3.8) is 0 Å². The molecule has 1 saturated heterocycles. The number of nitrogens with one attached hydrogen (secondary N) is 1. The maximum Gasteiger partial charge on any atom is 0.141 e. The van der Waals surface area contributed by atoms with E-state index >= 15 is 0 Å². The summed E-state index contributed by atoms with van der Waals surface area (Å²) in [5, 5.41) is 8.05. The minimum Gasteiger partial charge on any atom is -0.311 e. The van der Waals surface area contributed by atoms with E-state index in [4.69, 9.17) is 0 Å². The zero-order chi connectivity index (χ0) is 13.9. The van der Waals surface area contributed by atoms with Crippen molar-refractivity contribution in [1.29, 1.82) is 0 Å². The van der Waals surface area contributed by atoms with Crippen LogP contribution in [0, 0.1) is 5.92 Å². The van der Waals surface area contributed by atoms with E-state index in [0.29, 0.717) is 12.1 Å². The summed E-state index contributed by atoms with van der Waals surface area (Å²) in [6, 6.07) is 1.35. The summed E-state index contributed by atoms with van der Waals surface area (Å²) in [6.07, 6.45) is 7.03. The van der Waals surface area contributed by atoms with Gasteiger partial charge in [-0.05, 0) is 32.1 Å². The van der Waals surface area contributed by atoms with Crippen LogP contribution < -0.4 is 5.32 Å². The molecular weight excluding hydrogens is 250 g/mol. The number of rotatable bonds is 6. The van der Waals surface area contributed by atoms with E-state index in [2.05, 4.69) is 34.1 Å². The Morgan fingerprint density at radius 1 is 1.35 bits per heavy atom. The van der Waals surface area contributed by atoms with Gasteiger partial charge in [0.2, 0.25) is 0 Å². The summed E-state index contributed by atoms with van der Waals surface area (Å²) in [5.41, 5.74) is 0. The van der Waals surface area contributed by atoms with E-state index in [1.54, 1.807) is 6.33 Å². The summed E-state index contributed by atoms with van der Waals surface area (Å²) >= 11 is 0. The Morgan fingerprint density at radius 2 is 2.20 bits per heavy atom. The molecule has 5 heteroatoms. The number of nitrogens with zero attached hydrogens (tertiary/aromatic N) is 4. The highest BCUT2D eigenvalue weighted by Crippen LogP contribution is 2.36. The lowest BCUT2D eigenvalue weighted by Crippen LogP contribution is -2.57. The van der Waals surface area contributed by atoms with Gasteiger partial charge in [-0.3, -0.25) is 4.90 Å². The standard InChI is InChI=1S/C15H27N5/c1-3-5-13-9-19(14(8-16-13)12-6-7-12)10-15-17-11-18-20(15)4-2/h11-14,16H,3-10H2,1-2H3. The van der Waals surface area contributed by atoms with Crippen LogP contribution in [0.1, 0.15) is 45.4 Å². The van der Waals surface area contributed by atoms with Gasteiger partial charge in [-0.1, -0.05) is 13.3 Å². The molecule has 1 aromatic heterocycles. The highest BCUT2D eigenvalue weighted by Gasteiger charge is 2.38. The molecule has 5 nitrogen and oxygen atoms in total. The largest absolute Gasteiger partial charge is 0.311 e. The van der Waals surface area contributed by atoms with E-state index in [9.17, 15) is 0 Å². The molecule has 0 spiro atoms. The van der Waals surface area contributed by atoms with Crippen molar-refractivity contribution >= 4 is 0 Å². The zero-order valence-electron chi connectivity index (χ0n) is 12.8. The molecule has 2 fully saturated rings. The van der Waals surface area contributed by atoms with Gasteiger partial charge >= 0.3 is 0 Å². The van der Waals surface area contributed by atoms with E-state index in [0.717, 1.165) is 37.9 Å². The zero-order valence-corrected chi connectivity index (χ0v) is 12.8. The summed E-state index contributed by atoms with van der Waals surface area (Å²) in [4.78, 5) is 7.11. The highest BCUT2D eigenvalue weighted by atomic mass is 15.4. The van der Waals surface area contributed by atoms with Crippen LogP contribution in [0.15, 0.2) is 6.33 Å². The van der Waals surface area contributed by atoms with E-state index < -0.39 is 0 Å². The van der Waals surface area contributed by atoms with Gasteiger partial charge in [0.05, 0.1) is 6.54 Å². The molecule has 112 valence electrons. The predicted octanol–water partition coefficient (Wildman–Crippen LogP) is 1.65. The lowest BCUT2D eigenvalue weighted by molar-refractivity contribution is 0.0996. The number of aromatic nitrogens is 3. The minimum absolute atomic E-state index is 0.646. The Bertz CT molecular complexity index is 426. The van der Waals surface area contributed by atoms with Crippen molar-refractivity contribution in [3.8, 4) is 0 Å². The smallest absolute Gasteiger partial charge is 0.141 e. The van der Waals surface area contributed by atoms with Gasteiger partial charge in [0.25, 0.3) is 0 Å². The Labute approximate surface area is 121 Å². The van der Waals surface area contributed by atoms with Gasteiger partial charge in [0.1, 0.15) is 12.2 Å². The topological polar surface area (TPSA) is 46.0 Å². The number of piperazine rings is 1. The van der Waals surface area contributed by atoms with Gasteiger partial charge in [0.15, 0.2) is 0 Å². The molecule has 0 bridgehead atoms. The Hall–Kier alpha value is -0.940. The monoisotopic (exact) mass is 277 g/mol.